The summed E-state index contributed by atoms with van der Waals surface area (Å²) in [5, 5.41) is 2.78. The van der Waals surface area contributed by atoms with Crippen molar-refractivity contribution in [1.29, 1.82) is 0 Å². The zero-order valence-electron chi connectivity index (χ0n) is 17.6. The van der Waals surface area contributed by atoms with Gasteiger partial charge in [0, 0.05) is 23.9 Å². The lowest BCUT2D eigenvalue weighted by Crippen LogP contribution is -2.48. The first kappa shape index (κ1) is 21.3. The number of Topliss-reactive ketones (excluding diaryl/α,β-unsaturated/α-hetero) is 1. The minimum absolute atomic E-state index is 0.0130. The molecule has 1 atom stereocenters. The van der Waals surface area contributed by atoms with Crippen molar-refractivity contribution in [3.05, 3.63) is 88.5 Å². The van der Waals surface area contributed by atoms with Crippen molar-refractivity contribution in [3.63, 3.8) is 0 Å². The van der Waals surface area contributed by atoms with Gasteiger partial charge >= 0.3 is 5.97 Å². The van der Waals surface area contributed by atoms with Crippen molar-refractivity contribution in [3.8, 4) is 0 Å². The van der Waals surface area contributed by atoms with Gasteiger partial charge in [0.25, 0.3) is 0 Å². The van der Waals surface area contributed by atoms with Crippen LogP contribution in [0, 0.1) is 0 Å². The molecule has 3 N–H and O–H groups in total. The van der Waals surface area contributed by atoms with Crippen LogP contribution in [0.4, 0.5) is 5.69 Å². The maximum atomic E-state index is 13.7. The monoisotopic (exact) mass is 434 g/mol. The topological polar surface area (TPSA) is 117 Å². The average Bonchev–Trinajstić information content (AvgIpc) is 3.06. The number of amides is 1. The summed E-state index contributed by atoms with van der Waals surface area (Å²) >= 11 is 0. The van der Waals surface area contributed by atoms with Crippen molar-refractivity contribution in [2.75, 3.05) is 25.6 Å². The number of hydrogen-bond donors (Lipinski definition) is 2. The highest BCUT2D eigenvalue weighted by molar-refractivity contribution is 6.25. The van der Waals surface area contributed by atoms with Crippen LogP contribution in [0.1, 0.15) is 22.8 Å². The predicted octanol–water partition coefficient (Wildman–Crippen LogP) is 2.42. The van der Waals surface area contributed by atoms with Gasteiger partial charge in [-0.2, -0.15) is 0 Å². The minimum Gasteiger partial charge on any atom is -0.460 e. The molecule has 2 aromatic rings. The second kappa shape index (κ2) is 8.32. The highest BCUT2D eigenvalue weighted by Crippen LogP contribution is 2.52. The number of carbonyl (C=O) groups excluding carboxylic acids is 3. The Morgan fingerprint density at radius 2 is 1.72 bits per heavy atom. The third-order valence-corrected chi connectivity index (χ3v) is 5.52. The highest BCUT2D eigenvalue weighted by Gasteiger charge is 2.61. The first-order valence-electron chi connectivity index (χ1n) is 9.99. The van der Waals surface area contributed by atoms with Crippen molar-refractivity contribution in [2.24, 2.45) is 5.73 Å². The van der Waals surface area contributed by atoms with Gasteiger partial charge < -0.3 is 25.3 Å². The van der Waals surface area contributed by atoms with E-state index >= 15 is 0 Å². The Labute approximate surface area is 184 Å². The van der Waals surface area contributed by atoms with Gasteiger partial charge in [0.05, 0.1) is 12.2 Å². The van der Waals surface area contributed by atoms with E-state index in [9.17, 15) is 14.4 Å². The molecule has 0 bridgehead atoms. The summed E-state index contributed by atoms with van der Waals surface area (Å²) in [6.45, 7) is 1.64. The normalized spacial score (nSPS) is 19.5. The second-order valence-electron chi connectivity index (χ2n) is 7.35. The number of rotatable bonds is 6. The standard InChI is InChI=1S/C24H22N2O6/c1-14-18(20(27)15-8-4-3-5-9-15)24(16-10-6-7-11-17(16)26-23(24)29)19(21(25)32-14)22(28)31-13-12-30-2/h3-11H,12-13,25H2,1-2H3,(H,26,29)/t24-/m1/s1. The number of ether oxygens (including phenoxy) is 3. The Kier molecular flexibility index (Phi) is 5.54. The van der Waals surface area contributed by atoms with E-state index in [1.165, 1.54) is 7.11 Å². The van der Waals surface area contributed by atoms with Gasteiger partial charge in [-0.25, -0.2) is 4.79 Å². The van der Waals surface area contributed by atoms with E-state index in [2.05, 4.69) is 5.32 Å². The fourth-order valence-electron chi connectivity index (χ4n) is 4.20. The second-order valence-corrected chi connectivity index (χ2v) is 7.35. The van der Waals surface area contributed by atoms with Gasteiger partial charge in [-0.1, -0.05) is 48.5 Å². The molecule has 2 aliphatic rings. The zero-order chi connectivity index (χ0) is 22.9. The molecule has 2 aliphatic heterocycles. The van der Waals surface area contributed by atoms with Crippen LogP contribution >= 0.6 is 0 Å². The van der Waals surface area contributed by atoms with E-state index < -0.39 is 23.1 Å². The molecular weight excluding hydrogens is 412 g/mol. The molecular formula is C24H22N2O6. The van der Waals surface area contributed by atoms with E-state index in [4.69, 9.17) is 19.9 Å². The third-order valence-electron chi connectivity index (χ3n) is 5.52. The number of allylic oxidation sites excluding steroid dienone is 1. The number of anilines is 1. The molecule has 4 rings (SSSR count). The van der Waals surface area contributed by atoms with E-state index in [-0.39, 0.29) is 36.0 Å². The smallest absolute Gasteiger partial charge is 0.341 e. The van der Waals surface area contributed by atoms with Crippen LogP contribution in [0.2, 0.25) is 0 Å². The van der Waals surface area contributed by atoms with Gasteiger partial charge in [0.2, 0.25) is 11.8 Å². The molecule has 164 valence electrons. The number of hydrogen-bond acceptors (Lipinski definition) is 7. The fourth-order valence-corrected chi connectivity index (χ4v) is 4.20. The van der Waals surface area contributed by atoms with E-state index in [1.54, 1.807) is 61.5 Å². The summed E-state index contributed by atoms with van der Waals surface area (Å²) in [4.78, 5) is 40.5. The summed E-state index contributed by atoms with van der Waals surface area (Å²) in [5.41, 5.74) is 5.35. The first-order valence-corrected chi connectivity index (χ1v) is 9.99. The Balaban J connectivity index is 1.96. The summed E-state index contributed by atoms with van der Waals surface area (Å²) in [7, 11) is 1.47. The minimum atomic E-state index is -1.82. The molecule has 0 saturated carbocycles. The van der Waals surface area contributed by atoms with Crippen LogP contribution in [0.15, 0.2) is 77.4 Å². The van der Waals surface area contributed by atoms with E-state index in [1.807, 2.05) is 0 Å². The van der Waals surface area contributed by atoms with Crippen LogP contribution in [-0.2, 0) is 29.2 Å². The molecule has 8 nitrogen and oxygen atoms in total. The van der Waals surface area contributed by atoms with E-state index in [0.29, 0.717) is 16.8 Å². The SMILES string of the molecule is COCCOC(=O)C1=C(N)OC(C)=C(C(=O)c2ccccc2)[C@@]12C(=O)Nc1ccccc12. The number of ketones is 1. The van der Waals surface area contributed by atoms with Gasteiger partial charge in [0.15, 0.2) is 5.78 Å². The molecule has 0 unspecified atom stereocenters. The van der Waals surface area contributed by atoms with Crippen molar-refractivity contribution in [1.82, 2.24) is 0 Å². The molecule has 0 saturated heterocycles. The number of nitrogens with two attached hydrogens (primary N) is 1. The van der Waals surface area contributed by atoms with Crippen molar-refractivity contribution in [2.45, 2.75) is 12.3 Å². The molecule has 0 aliphatic carbocycles. The molecule has 0 aromatic heterocycles. The maximum Gasteiger partial charge on any atom is 0.341 e. The number of nitrogens with one attached hydrogen (secondary N) is 1. The lowest BCUT2D eigenvalue weighted by atomic mass is 9.66. The molecule has 1 amide bonds. The Morgan fingerprint density at radius 3 is 2.44 bits per heavy atom. The largest absolute Gasteiger partial charge is 0.460 e. The number of fused-ring (bicyclic) bond motifs is 2. The number of carbonyl (C=O) groups is 3. The molecule has 2 heterocycles. The fraction of sp³-hybridized carbons (Fsp3) is 0.208. The average molecular weight is 434 g/mol. The molecule has 0 radical (unpaired) electrons. The number of methoxy groups -OCH3 is 1. The van der Waals surface area contributed by atoms with Crippen LogP contribution in [0.3, 0.4) is 0 Å². The quantitative estimate of drug-likeness (QED) is 0.407. The Hall–Kier alpha value is -3.91. The molecule has 0 fully saturated rings. The molecule has 8 heteroatoms. The summed E-state index contributed by atoms with van der Waals surface area (Å²) in [6, 6.07) is 15.3. The number of esters is 1. The molecule has 32 heavy (non-hydrogen) atoms. The van der Waals surface area contributed by atoms with Gasteiger partial charge in [0.1, 0.15) is 23.4 Å². The van der Waals surface area contributed by atoms with E-state index in [0.717, 1.165) is 0 Å². The van der Waals surface area contributed by atoms with Crippen LogP contribution in [0.5, 0.6) is 0 Å². The Morgan fingerprint density at radius 1 is 1.03 bits per heavy atom. The summed E-state index contributed by atoms with van der Waals surface area (Å²) in [5.74, 6) is -2.05. The lowest BCUT2D eigenvalue weighted by Gasteiger charge is -2.36. The number of benzene rings is 2. The van der Waals surface area contributed by atoms with Gasteiger partial charge in [-0.15, -0.1) is 0 Å². The lowest BCUT2D eigenvalue weighted by molar-refractivity contribution is -0.142. The molecule has 2 aromatic carbocycles. The first-order chi connectivity index (χ1) is 15.4. The molecule has 1 spiro atoms. The predicted molar refractivity (Wildman–Crippen MR) is 115 cm³/mol. The van der Waals surface area contributed by atoms with Crippen molar-refractivity contribution >= 4 is 23.3 Å². The third kappa shape index (κ3) is 3.16. The van der Waals surface area contributed by atoms with Gasteiger partial charge in [-0.3, -0.25) is 9.59 Å². The van der Waals surface area contributed by atoms with Crippen LogP contribution in [0.25, 0.3) is 0 Å². The van der Waals surface area contributed by atoms with Crippen LogP contribution in [-0.4, -0.2) is 38.0 Å². The maximum absolute atomic E-state index is 13.7. The number of para-hydroxylation sites is 1. The van der Waals surface area contributed by atoms with Crippen molar-refractivity contribution < 1.29 is 28.6 Å². The summed E-state index contributed by atoms with van der Waals surface area (Å²) < 4.78 is 15.9. The summed E-state index contributed by atoms with van der Waals surface area (Å²) in [6.07, 6.45) is 0. The van der Waals surface area contributed by atoms with Gasteiger partial charge in [-0.05, 0) is 13.0 Å². The Bertz CT molecular complexity index is 1170. The zero-order valence-corrected chi connectivity index (χ0v) is 17.6. The van der Waals surface area contributed by atoms with Crippen LogP contribution < -0.4 is 11.1 Å². The highest BCUT2D eigenvalue weighted by atomic mass is 16.6.